The maximum absolute atomic E-state index is 12.9. The van der Waals surface area contributed by atoms with E-state index in [1.54, 1.807) is 0 Å². The lowest BCUT2D eigenvalue weighted by Gasteiger charge is -2.21. The van der Waals surface area contributed by atoms with Gasteiger partial charge in [0.05, 0.1) is 26.4 Å². The van der Waals surface area contributed by atoms with Gasteiger partial charge in [0.15, 0.2) is 12.2 Å². The highest BCUT2D eigenvalue weighted by Gasteiger charge is 2.30. The Labute approximate surface area is 492 Å². The highest BCUT2D eigenvalue weighted by molar-refractivity contribution is 7.47. The second-order valence-electron chi connectivity index (χ2n) is 24.1. The van der Waals surface area contributed by atoms with Gasteiger partial charge in [-0.1, -0.05) is 242 Å². The molecule has 17 nitrogen and oxygen atoms in total. The van der Waals surface area contributed by atoms with Gasteiger partial charge >= 0.3 is 39.5 Å². The number of carbonyl (C=O) groups is 4. The van der Waals surface area contributed by atoms with Crippen molar-refractivity contribution < 1.29 is 80.2 Å². The minimum absolute atomic E-state index is 0.101. The van der Waals surface area contributed by atoms with Crippen molar-refractivity contribution in [2.24, 2.45) is 23.7 Å². The van der Waals surface area contributed by atoms with Crippen molar-refractivity contribution in [2.45, 2.75) is 311 Å². The molecule has 0 saturated heterocycles. The van der Waals surface area contributed by atoms with Crippen LogP contribution >= 0.6 is 15.6 Å². The topological polar surface area (TPSA) is 237 Å². The number of carbonyl (C=O) groups excluding carboxylic acids is 4. The van der Waals surface area contributed by atoms with E-state index in [4.69, 9.17) is 37.0 Å². The van der Waals surface area contributed by atoms with Gasteiger partial charge in [0.25, 0.3) is 0 Å². The van der Waals surface area contributed by atoms with Crippen molar-refractivity contribution >= 4 is 39.5 Å². The van der Waals surface area contributed by atoms with Crippen LogP contribution in [-0.2, 0) is 65.4 Å². The van der Waals surface area contributed by atoms with Gasteiger partial charge in [-0.05, 0) is 49.4 Å². The monoisotopic (exact) mass is 1200 g/mol. The number of rotatable bonds is 59. The number of phosphoric acid groups is 2. The minimum Gasteiger partial charge on any atom is -0.462 e. The molecule has 0 spiro atoms. The maximum atomic E-state index is 12.9. The number of esters is 4. The van der Waals surface area contributed by atoms with E-state index in [0.29, 0.717) is 37.5 Å². The van der Waals surface area contributed by atoms with Gasteiger partial charge in [-0.2, -0.15) is 0 Å². The summed E-state index contributed by atoms with van der Waals surface area (Å²) in [7, 11) is -9.88. The zero-order valence-corrected chi connectivity index (χ0v) is 54.2. The van der Waals surface area contributed by atoms with E-state index in [-0.39, 0.29) is 25.7 Å². The molecular formula is C62H120O17P2. The smallest absolute Gasteiger partial charge is 0.462 e. The molecule has 3 N–H and O–H groups in total. The van der Waals surface area contributed by atoms with Crippen molar-refractivity contribution in [1.29, 1.82) is 0 Å². The molecule has 0 aromatic rings. The van der Waals surface area contributed by atoms with Crippen molar-refractivity contribution in [3.05, 3.63) is 0 Å². The first-order valence-corrected chi connectivity index (χ1v) is 35.2. The predicted molar refractivity (Wildman–Crippen MR) is 321 cm³/mol. The molecule has 0 saturated carbocycles. The summed E-state index contributed by atoms with van der Waals surface area (Å²) in [4.78, 5) is 72.0. The first kappa shape index (κ1) is 79.1. The summed E-state index contributed by atoms with van der Waals surface area (Å²) >= 11 is 0. The molecule has 0 rings (SSSR count). The molecule has 0 heterocycles. The van der Waals surface area contributed by atoms with Gasteiger partial charge in [-0.15, -0.1) is 0 Å². The first-order chi connectivity index (χ1) is 38.6. The molecule has 19 heteroatoms. The van der Waals surface area contributed by atoms with Crippen LogP contribution in [0.15, 0.2) is 0 Å². The lowest BCUT2D eigenvalue weighted by atomic mass is 10.00. The summed E-state index contributed by atoms with van der Waals surface area (Å²) < 4.78 is 67.8. The number of aliphatic hydroxyl groups excluding tert-OH is 1. The van der Waals surface area contributed by atoms with Crippen LogP contribution in [0.25, 0.3) is 0 Å². The molecule has 0 aromatic carbocycles. The highest BCUT2D eigenvalue weighted by Crippen LogP contribution is 2.45. The molecule has 0 aromatic heterocycles. The SMILES string of the molecule is CCC(C)CCCCCCCCC(=O)O[C@H](COC(=O)CCCCCCCCC(C)C)COP(=O)(O)OC[C@@H](O)COP(=O)(O)OC[C@@H](COC(=O)CCCCCCCCC(C)C)OC(=O)CCCCCCCCCCCCC(C)C. The zero-order valence-electron chi connectivity index (χ0n) is 52.4. The molecule has 0 aliphatic heterocycles. The van der Waals surface area contributed by atoms with E-state index < -0.39 is 97.5 Å². The number of unbranched alkanes of at least 4 members (excludes halogenated alkanes) is 24. The third-order valence-electron chi connectivity index (χ3n) is 14.4. The second-order valence-corrected chi connectivity index (χ2v) is 27.0. The van der Waals surface area contributed by atoms with Gasteiger partial charge in [-0.3, -0.25) is 37.3 Å². The van der Waals surface area contributed by atoms with Crippen molar-refractivity contribution in [2.75, 3.05) is 39.6 Å². The number of hydrogen-bond donors (Lipinski definition) is 3. The molecule has 6 atom stereocenters. The Bertz CT molecular complexity index is 1630. The van der Waals surface area contributed by atoms with Gasteiger partial charge in [0.1, 0.15) is 19.3 Å². The Morgan fingerprint density at radius 3 is 0.877 bits per heavy atom. The predicted octanol–water partition coefficient (Wildman–Crippen LogP) is 16.6. The van der Waals surface area contributed by atoms with Crippen LogP contribution in [0.4, 0.5) is 0 Å². The molecular weight excluding hydrogens is 1080 g/mol. The average molecular weight is 1200 g/mol. The van der Waals surface area contributed by atoms with E-state index in [0.717, 1.165) is 115 Å². The van der Waals surface area contributed by atoms with E-state index in [2.05, 4.69) is 55.4 Å². The summed E-state index contributed by atoms with van der Waals surface area (Å²) in [5.41, 5.74) is 0. The van der Waals surface area contributed by atoms with Crippen LogP contribution in [0.5, 0.6) is 0 Å². The molecule has 0 radical (unpaired) electrons. The summed E-state index contributed by atoms with van der Waals surface area (Å²) in [5.74, 6) is 0.684. The lowest BCUT2D eigenvalue weighted by molar-refractivity contribution is -0.161. The van der Waals surface area contributed by atoms with Crippen LogP contribution in [-0.4, -0.2) is 96.7 Å². The normalized spacial score (nSPS) is 14.8. The number of aliphatic hydroxyl groups is 1. The molecule has 480 valence electrons. The van der Waals surface area contributed by atoms with Crippen LogP contribution in [0.3, 0.4) is 0 Å². The van der Waals surface area contributed by atoms with Crippen molar-refractivity contribution in [3.63, 3.8) is 0 Å². The summed E-state index contributed by atoms with van der Waals surface area (Å²) in [6, 6.07) is 0. The molecule has 81 heavy (non-hydrogen) atoms. The number of hydrogen-bond acceptors (Lipinski definition) is 15. The van der Waals surface area contributed by atoms with Crippen molar-refractivity contribution in [3.8, 4) is 0 Å². The third kappa shape index (κ3) is 55.7. The zero-order chi connectivity index (χ0) is 60.4. The molecule has 0 aliphatic rings. The summed E-state index contributed by atoms with van der Waals surface area (Å²) in [6.07, 6.45) is 31.1. The van der Waals surface area contributed by atoms with Crippen LogP contribution in [0.1, 0.15) is 293 Å². The van der Waals surface area contributed by atoms with Crippen LogP contribution in [0, 0.1) is 23.7 Å². The van der Waals surface area contributed by atoms with E-state index >= 15 is 0 Å². The number of phosphoric ester groups is 2. The summed E-state index contributed by atoms with van der Waals surface area (Å²) in [6.45, 7) is 13.8. The van der Waals surface area contributed by atoms with E-state index in [1.807, 2.05) is 0 Å². The molecule has 0 fully saturated rings. The quantitative estimate of drug-likeness (QED) is 0.0222. The third-order valence-corrected chi connectivity index (χ3v) is 16.3. The standard InChI is InChI=1S/C62H120O17P2/c1-9-55(8)41-33-25-18-21-29-37-45-62(67)79-58(49-73-60(65)43-35-27-20-17-24-32-40-54(6)7)51-77-81(70,71)75-47-56(63)46-74-80(68,69)76-50-57(48-72-59(64)42-34-26-19-16-23-31-39-53(4)5)78-61(66)44-36-28-15-13-11-10-12-14-22-30-38-52(2)3/h52-58,63H,9-51H2,1-8H3,(H,68,69)(H,70,71)/t55?,56-,57+,58+/m0/s1. The largest absolute Gasteiger partial charge is 0.472 e. The Morgan fingerprint density at radius 2 is 0.593 bits per heavy atom. The van der Waals surface area contributed by atoms with Gasteiger partial charge in [0.2, 0.25) is 0 Å². The Morgan fingerprint density at radius 1 is 0.346 bits per heavy atom. The fourth-order valence-electron chi connectivity index (χ4n) is 9.04. The van der Waals surface area contributed by atoms with E-state index in [9.17, 15) is 43.2 Å². The van der Waals surface area contributed by atoms with Crippen LogP contribution in [0.2, 0.25) is 0 Å². The van der Waals surface area contributed by atoms with Crippen molar-refractivity contribution in [1.82, 2.24) is 0 Å². The fourth-order valence-corrected chi connectivity index (χ4v) is 10.6. The molecule has 0 bridgehead atoms. The van der Waals surface area contributed by atoms with Crippen LogP contribution < -0.4 is 0 Å². The first-order valence-electron chi connectivity index (χ1n) is 32.2. The van der Waals surface area contributed by atoms with E-state index in [1.165, 1.54) is 83.5 Å². The Kier molecular flexibility index (Phi) is 51.1. The fraction of sp³-hybridized carbons (Fsp3) is 0.935. The molecule has 3 unspecified atom stereocenters. The Hall–Kier alpha value is -1.94. The van der Waals surface area contributed by atoms with Gasteiger partial charge in [0, 0.05) is 25.7 Å². The Balaban J connectivity index is 5.25. The lowest BCUT2D eigenvalue weighted by Crippen LogP contribution is -2.30. The molecule has 0 amide bonds. The second kappa shape index (κ2) is 52.4. The maximum Gasteiger partial charge on any atom is 0.472 e. The average Bonchev–Trinajstić information content (AvgIpc) is 3.41. The van der Waals surface area contributed by atoms with Gasteiger partial charge in [-0.25, -0.2) is 9.13 Å². The van der Waals surface area contributed by atoms with Gasteiger partial charge < -0.3 is 33.8 Å². The summed E-state index contributed by atoms with van der Waals surface area (Å²) in [5, 5.41) is 10.5. The molecule has 0 aliphatic carbocycles. The highest BCUT2D eigenvalue weighted by atomic mass is 31.2. The minimum atomic E-state index is -4.94. The number of ether oxygens (including phenoxy) is 4.